The minimum Gasteiger partial charge on any atom is -0.505 e. The number of amidine groups is 1. The number of nitrogens with two attached hydrogens (primary N) is 1. The highest BCUT2D eigenvalue weighted by Crippen LogP contribution is 2.34. The van der Waals surface area contributed by atoms with Gasteiger partial charge in [0.2, 0.25) is 4.24 Å². The molecule has 1 aliphatic rings. The number of hydrogen-bond acceptors (Lipinski definition) is 9. The highest BCUT2D eigenvalue weighted by molar-refractivity contribution is 8.13. The van der Waals surface area contributed by atoms with Gasteiger partial charge in [0.25, 0.3) is 26.0 Å². The van der Waals surface area contributed by atoms with Gasteiger partial charge in [0.15, 0.2) is 11.6 Å². The van der Waals surface area contributed by atoms with Crippen molar-refractivity contribution in [3.63, 3.8) is 0 Å². The van der Waals surface area contributed by atoms with Crippen molar-refractivity contribution in [2.75, 3.05) is 19.4 Å². The number of carbonyl (C=O) groups excluding carboxylic acids is 1. The Balaban J connectivity index is 2.12. The van der Waals surface area contributed by atoms with E-state index in [-0.39, 0.29) is 17.1 Å². The van der Waals surface area contributed by atoms with E-state index in [4.69, 9.17) is 9.56 Å². The number of para-hydroxylation sites is 1. The fraction of sp³-hybridized carbons (Fsp3) is 0.300. The highest BCUT2D eigenvalue weighted by atomic mass is 32.3. The van der Waals surface area contributed by atoms with Crippen LogP contribution in [0.3, 0.4) is 0 Å². The number of anilines is 1. The van der Waals surface area contributed by atoms with Gasteiger partial charge in [0.1, 0.15) is 17.2 Å². The number of nitrogens with zero attached hydrogens (tertiary/aromatic N) is 2. The van der Waals surface area contributed by atoms with Crippen LogP contribution >= 0.6 is 0 Å². The summed E-state index contributed by atoms with van der Waals surface area (Å²) >= 11 is 0. The fourth-order valence-corrected chi connectivity index (χ4v) is 5.89. The third-order valence-corrected chi connectivity index (χ3v) is 8.05. The van der Waals surface area contributed by atoms with Crippen LogP contribution in [0.2, 0.25) is 0 Å². The van der Waals surface area contributed by atoms with E-state index in [0.29, 0.717) is 17.9 Å². The summed E-state index contributed by atoms with van der Waals surface area (Å²) in [6, 6.07) is 7.00. The van der Waals surface area contributed by atoms with Gasteiger partial charge < -0.3 is 25.1 Å². The quantitative estimate of drug-likeness (QED) is 0.398. The molecule has 14 heteroatoms. The monoisotopic (exact) mass is 511 g/mol. The number of carbonyl (C=O) groups is 1. The first-order valence-corrected chi connectivity index (χ1v) is 13.0. The molecular weight excluding hydrogens is 486 g/mol. The average Bonchev–Trinajstić information content (AvgIpc) is 3.26. The zero-order chi connectivity index (χ0) is 25.4. The third kappa shape index (κ3) is 4.93. The van der Waals surface area contributed by atoms with Crippen LogP contribution in [-0.4, -0.2) is 52.7 Å². The van der Waals surface area contributed by atoms with Crippen LogP contribution in [0.1, 0.15) is 41.3 Å². The second-order valence-electron chi connectivity index (χ2n) is 7.70. The number of aromatic hydroxyl groups is 1. The van der Waals surface area contributed by atoms with Gasteiger partial charge in [0, 0.05) is 14.1 Å². The summed E-state index contributed by atoms with van der Waals surface area (Å²) in [6.07, 6.45) is 0.433. The SMILES string of the molecule is CC[C@@H](NC1=NS(=O)(=O)C(S(N)(=O)=O)=C1Nc1cccc(C(=O)N(C)C)c1O)c1ccc(C)o1. The molecule has 0 saturated heterocycles. The van der Waals surface area contributed by atoms with Gasteiger partial charge in [-0.25, -0.2) is 13.6 Å². The lowest BCUT2D eigenvalue weighted by molar-refractivity contribution is 0.0824. The first-order chi connectivity index (χ1) is 15.8. The van der Waals surface area contributed by atoms with Crippen molar-refractivity contribution in [2.24, 2.45) is 9.54 Å². The number of phenolic OH excluding ortho intramolecular Hbond substituents is 1. The van der Waals surface area contributed by atoms with Crippen LogP contribution < -0.4 is 15.8 Å². The number of hydrogen-bond donors (Lipinski definition) is 4. The topological polar surface area (TPSA) is 184 Å². The van der Waals surface area contributed by atoms with E-state index in [0.717, 1.165) is 0 Å². The molecule has 34 heavy (non-hydrogen) atoms. The number of benzene rings is 1. The molecule has 0 saturated carbocycles. The number of rotatable bonds is 7. The fourth-order valence-electron chi connectivity index (χ4n) is 3.30. The molecule has 2 aromatic rings. The van der Waals surface area contributed by atoms with Gasteiger partial charge in [-0.2, -0.15) is 8.42 Å². The summed E-state index contributed by atoms with van der Waals surface area (Å²) in [6.45, 7) is 3.55. The Morgan fingerprint density at radius 2 is 1.94 bits per heavy atom. The Kier molecular flexibility index (Phi) is 6.78. The van der Waals surface area contributed by atoms with Gasteiger partial charge in [-0.15, -0.1) is 4.40 Å². The lowest BCUT2D eigenvalue weighted by atomic mass is 10.1. The summed E-state index contributed by atoms with van der Waals surface area (Å²) in [5.74, 6) is -0.270. The normalized spacial score (nSPS) is 16.2. The van der Waals surface area contributed by atoms with Gasteiger partial charge in [-0.05, 0) is 37.6 Å². The van der Waals surface area contributed by atoms with Gasteiger partial charge in [-0.1, -0.05) is 13.0 Å². The van der Waals surface area contributed by atoms with Crippen LogP contribution in [0.5, 0.6) is 5.75 Å². The Bertz CT molecular complexity index is 1410. The predicted octanol–water partition coefficient (Wildman–Crippen LogP) is 1.35. The third-order valence-electron chi connectivity index (χ3n) is 4.90. The Hall–Kier alpha value is -3.36. The van der Waals surface area contributed by atoms with Crippen LogP contribution in [0.4, 0.5) is 5.69 Å². The molecule has 0 radical (unpaired) electrons. The maximum Gasteiger partial charge on any atom is 0.299 e. The highest BCUT2D eigenvalue weighted by Gasteiger charge is 2.41. The summed E-state index contributed by atoms with van der Waals surface area (Å²) in [7, 11) is -6.50. The van der Waals surface area contributed by atoms with Gasteiger partial charge >= 0.3 is 0 Å². The van der Waals surface area contributed by atoms with E-state index < -0.39 is 47.7 Å². The number of phenols is 1. The lowest BCUT2D eigenvalue weighted by Gasteiger charge is -2.19. The van der Waals surface area contributed by atoms with Crippen molar-refractivity contribution >= 4 is 37.5 Å². The van der Waals surface area contributed by atoms with Gasteiger partial charge in [-0.3, -0.25) is 4.79 Å². The first kappa shape index (κ1) is 25.3. The summed E-state index contributed by atoms with van der Waals surface area (Å²) in [4.78, 5) is 13.6. The molecule has 1 aromatic carbocycles. The Labute approximate surface area is 197 Å². The lowest BCUT2D eigenvalue weighted by Crippen LogP contribution is -2.32. The standard InChI is InChI=1S/C20H25N5O7S2/c1-5-13(15-10-9-11(2)32-15)23-18-16(20(33(21,28)29)34(30,31)24-18)22-14-8-6-7-12(17(14)26)19(27)25(3)4/h6-10,13,22,26H,5H2,1-4H3,(H,23,24)(H2,21,28,29)/t13-/m1/s1. The summed E-state index contributed by atoms with van der Waals surface area (Å²) in [5, 5.41) is 21.3. The van der Waals surface area contributed by atoms with Crippen molar-refractivity contribution in [1.82, 2.24) is 10.2 Å². The molecule has 1 atom stereocenters. The number of furan rings is 1. The molecule has 1 amide bonds. The van der Waals surface area contributed by atoms with Crippen molar-refractivity contribution < 1.29 is 31.2 Å². The van der Waals surface area contributed by atoms with E-state index >= 15 is 0 Å². The number of nitrogens with one attached hydrogen (secondary N) is 2. The minimum absolute atomic E-state index is 0.0856. The molecule has 3 rings (SSSR count). The van der Waals surface area contributed by atoms with Crippen LogP contribution in [-0.2, 0) is 20.0 Å². The number of amides is 1. The van der Waals surface area contributed by atoms with Crippen molar-refractivity contribution in [1.29, 1.82) is 0 Å². The number of sulfonamides is 2. The van der Waals surface area contributed by atoms with E-state index in [1.165, 1.54) is 37.2 Å². The van der Waals surface area contributed by atoms with Crippen molar-refractivity contribution in [2.45, 2.75) is 26.3 Å². The molecule has 0 unspecified atom stereocenters. The van der Waals surface area contributed by atoms with E-state index in [1.807, 2.05) is 0 Å². The Morgan fingerprint density at radius 3 is 2.47 bits per heavy atom. The molecule has 12 nitrogen and oxygen atoms in total. The van der Waals surface area contributed by atoms with Crippen molar-refractivity contribution in [3.8, 4) is 5.75 Å². The molecule has 1 aromatic heterocycles. The van der Waals surface area contributed by atoms with E-state index in [9.17, 15) is 26.7 Å². The number of aryl methyl sites for hydroxylation is 1. The zero-order valence-electron chi connectivity index (χ0n) is 18.9. The van der Waals surface area contributed by atoms with E-state index in [1.54, 1.807) is 26.0 Å². The molecule has 0 spiro atoms. The molecule has 0 fully saturated rings. The molecular formula is C20H25N5O7S2. The second kappa shape index (κ2) is 9.12. The summed E-state index contributed by atoms with van der Waals surface area (Å²) < 4.78 is 57.8. The second-order valence-corrected chi connectivity index (χ2v) is 11.0. The maximum absolute atomic E-state index is 12.6. The smallest absolute Gasteiger partial charge is 0.299 e. The minimum atomic E-state index is -4.77. The molecule has 0 bridgehead atoms. The predicted molar refractivity (Wildman–Crippen MR) is 126 cm³/mol. The zero-order valence-corrected chi connectivity index (χ0v) is 20.5. The van der Waals surface area contributed by atoms with Crippen molar-refractivity contribution in [3.05, 3.63) is 57.3 Å². The van der Waals surface area contributed by atoms with Crippen LogP contribution in [0, 0.1) is 6.92 Å². The molecule has 2 heterocycles. The van der Waals surface area contributed by atoms with Gasteiger partial charge in [0.05, 0.1) is 17.3 Å². The molecule has 0 aliphatic carbocycles. The molecule has 1 aliphatic heterocycles. The van der Waals surface area contributed by atoms with Crippen LogP contribution in [0.25, 0.3) is 0 Å². The maximum atomic E-state index is 12.6. The summed E-state index contributed by atoms with van der Waals surface area (Å²) in [5.41, 5.74) is -0.705. The molecule has 5 N–H and O–H groups in total. The van der Waals surface area contributed by atoms with E-state index in [2.05, 4.69) is 15.0 Å². The first-order valence-electron chi connectivity index (χ1n) is 10.0. The van der Waals surface area contributed by atoms with Crippen LogP contribution in [0.15, 0.2) is 49.1 Å². The average molecular weight is 512 g/mol. The number of primary sulfonamides is 1. The Morgan fingerprint density at radius 1 is 1.26 bits per heavy atom. The largest absolute Gasteiger partial charge is 0.505 e. The molecule has 184 valence electrons.